The molecule has 0 spiro atoms. The van der Waals surface area contributed by atoms with Crippen molar-refractivity contribution in [3.63, 3.8) is 0 Å². The smallest absolute Gasteiger partial charge is 0.164 e. The van der Waals surface area contributed by atoms with E-state index in [0.29, 0.717) is 13.0 Å². The molecule has 17 heavy (non-hydrogen) atoms. The molecule has 0 atom stereocenters. The van der Waals surface area contributed by atoms with E-state index in [-0.39, 0.29) is 5.78 Å². The van der Waals surface area contributed by atoms with Crippen molar-refractivity contribution in [3.05, 3.63) is 29.8 Å². The third-order valence-corrected chi connectivity index (χ3v) is 2.81. The molecule has 0 aliphatic rings. The molecule has 0 bridgehead atoms. The highest BCUT2D eigenvalue weighted by Crippen LogP contribution is 2.21. The summed E-state index contributed by atoms with van der Waals surface area (Å²) in [7, 11) is 1.69. The molecule has 3 nitrogen and oxygen atoms in total. The van der Waals surface area contributed by atoms with Crippen LogP contribution in [0, 0.1) is 0 Å². The van der Waals surface area contributed by atoms with Crippen molar-refractivity contribution >= 4 is 11.5 Å². The Balaban J connectivity index is 2.97. The number of carbonyl (C=O) groups is 1. The number of anilines is 1. The summed E-state index contributed by atoms with van der Waals surface area (Å²) in [6.45, 7) is 6.33. The van der Waals surface area contributed by atoms with Crippen LogP contribution in [0.1, 0.15) is 30.6 Å². The standard InChI is InChI=1S/C14H21NO2/c1-4-14(16)12-8-6-7-9-13(12)15(5-2)10-11-17-3/h6-9H,4-5,10-11H2,1-3H3. The lowest BCUT2D eigenvalue weighted by atomic mass is 10.1. The lowest BCUT2D eigenvalue weighted by molar-refractivity contribution is 0.0988. The van der Waals surface area contributed by atoms with Gasteiger partial charge in [-0.05, 0) is 19.1 Å². The van der Waals surface area contributed by atoms with Crippen LogP contribution >= 0.6 is 0 Å². The molecule has 94 valence electrons. The van der Waals surface area contributed by atoms with Gasteiger partial charge in [0.15, 0.2) is 5.78 Å². The molecular formula is C14H21NO2. The fourth-order valence-corrected chi connectivity index (χ4v) is 1.83. The van der Waals surface area contributed by atoms with E-state index < -0.39 is 0 Å². The summed E-state index contributed by atoms with van der Waals surface area (Å²) in [5.74, 6) is 0.191. The fraction of sp³-hybridized carbons (Fsp3) is 0.500. The molecule has 0 radical (unpaired) electrons. The lowest BCUT2D eigenvalue weighted by Gasteiger charge is -2.24. The van der Waals surface area contributed by atoms with Crippen LogP contribution in [0.4, 0.5) is 5.69 Å². The Morgan fingerprint density at radius 1 is 1.29 bits per heavy atom. The maximum atomic E-state index is 11.9. The summed E-state index contributed by atoms with van der Waals surface area (Å²) in [5.41, 5.74) is 1.83. The number of benzene rings is 1. The summed E-state index contributed by atoms with van der Waals surface area (Å²) in [5, 5.41) is 0. The van der Waals surface area contributed by atoms with Crippen molar-refractivity contribution in [1.29, 1.82) is 0 Å². The van der Waals surface area contributed by atoms with Gasteiger partial charge in [-0.1, -0.05) is 19.1 Å². The summed E-state index contributed by atoms with van der Waals surface area (Å²) in [6.07, 6.45) is 0.541. The van der Waals surface area contributed by atoms with Crippen LogP contribution in [0.15, 0.2) is 24.3 Å². The Morgan fingerprint density at radius 3 is 2.59 bits per heavy atom. The van der Waals surface area contributed by atoms with Gasteiger partial charge in [0.1, 0.15) is 0 Å². The van der Waals surface area contributed by atoms with Crippen molar-refractivity contribution in [2.24, 2.45) is 0 Å². The van der Waals surface area contributed by atoms with Crippen LogP contribution in [0.25, 0.3) is 0 Å². The third kappa shape index (κ3) is 3.56. The zero-order chi connectivity index (χ0) is 12.7. The monoisotopic (exact) mass is 235 g/mol. The zero-order valence-corrected chi connectivity index (χ0v) is 10.9. The summed E-state index contributed by atoms with van der Waals surface area (Å²) >= 11 is 0. The van der Waals surface area contributed by atoms with Gasteiger partial charge >= 0.3 is 0 Å². The van der Waals surface area contributed by atoms with E-state index in [9.17, 15) is 4.79 Å². The number of carbonyl (C=O) groups excluding carboxylic acids is 1. The molecule has 3 heteroatoms. The van der Waals surface area contributed by atoms with Gasteiger partial charge in [-0.2, -0.15) is 0 Å². The third-order valence-electron chi connectivity index (χ3n) is 2.81. The number of ketones is 1. The predicted molar refractivity (Wildman–Crippen MR) is 70.8 cm³/mol. The molecule has 1 aromatic carbocycles. The Labute approximate surface area is 103 Å². The molecule has 0 N–H and O–H groups in total. The van der Waals surface area contributed by atoms with Gasteiger partial charge in [-0.25, -0.2) is 0 Å². The van der Waals surface area contributed by atoms with Crippen molar-refractivity contribution in [2.75, 3.05) is 31.7 Å². The largest absolute Gasteiger partial charge is 0.383 e. The predicted octanol–water partition coefficient (Wildman–Crippen LogP) is 2.75. The number of para-hydroxylation sites is 1. The highest BCUT2D eigenvalue weighted by Gasteiger charge is 2.13. The van der Waals surface area contributed by atoms with Gasteiger partial charge in [-0.15, -0.1) is 0 Å². The SMILES string of the molecule is CCC(=O)c1ccccc1N(CC)CCOC. The first-order valence-electron chi connectivity index (χ1n) is 6.10. The van der Waals surface area contributed by atoms with E-state index in [4.69, 9.17) is 4.74 Å². The first kappa shape index (κ1) is 13.7. The number of ether oxygens (including phenoxy) is 1. The van der Waals surface area contributed by atoms with Crippen molar-refractivity contribution < 1.29 is 9.53 Å². The van der Waals surface area contributed by atoms with E-state index >= 15 is 0 Å². The fourth-order valence-electron chi connectivity index (χ4n) is 1.83. The molecule has 0 saturated carbocycles. The molecule has 0 heterocycles. The summed E-state index contributed by atoms with van der Waals surface area (Å²) < 4.78 is 5.10. The molecule has 0 unspecified atom stereocenters. The average Bonchev–Trinajstić information content (AvgIpc) is 2.39. The van der Waals surface area contributed by atoms with Crippen molar-refractivity contribution in [1.82, 2.24) is 0 Å². The van der Waals surface area contributed by atoms with Crippen LogP contribution in [0.2, 0.25) is 0 Å². The van der Waals surface area contributed by atoms with E-state index in [1.54, 1.807) is 7.11 Å². The average molecular weight is 235 g/mol. The normalized spacial score (nSPS) is 10.3. The first-order chi connectivity index (χ1) is 8.24. The molecule has 0 saturated heterocycles. The number of methoxy groups -OCH3 is 1. The van der Waals surface area contributed by atoms with Crippen molar-refractivity contribution in [3.8, 4) is 0 Å². The number of rotatable bonds is 7. The highest BCUT2D eigenvalue weighted by atomic mass is 16.5. The molecule has 0 fully saturated rings. The van der Waals surface area contributed by atoms with Crippen LogP contribution in [0.3, 0.4) is 0 Å². The van der Waals surface area contributed by atoms with Crippen LogP contribution in [-0.4, -0.2) is 32.6 Å². The molecular weight excluding hydrogens is 214 g/mol. The lowest BCUT2D eigenvalue weighted by Crippen LogP contribution is -2.28. The van der Waals surface area contributed by atoms with Crippen LogP contribution in [-0.2, 0) is 4.74 Å². The van der Waals surface area contributed by atoms with Gasteiger partial charge < -0.3 is 9.64 Å². The molecule has 0 aromatic heterocycles. The van der Waals surface area contributed by atoms with Gasteiger partial charge in [0, 0.05) is 37.9 Å². The van der Waals surface area contributed by atoms with E-state index in [1.165, 1.54) is 0 Å². The van der Waals surface area contributed by atoms with E-state index in [2.05, 4.69) is 11.8 Å². The Morgan fingerprint density at radius 2 is 2.00 bits per heavy atom. The number of likely N-dealkylation sites (N-methyl/N-ethyl adjacent to an activating group) is 1. The minimum absolute atomic E-state index is 0.191. The Bertz CT molecular complexity index is 363. The molecule has 0 aliphatic heterocycles. The highest BCUT2D eigenvalue weighted by molar-refractivity contribution is 6.01. The molecule has 0 amide bonds. The minimum atomic E-state index is 0.191. The summed E-state index contributed by atoms with van der Waals surface area (Å²) in [6, 6.07) is 7.78. The second-order valence-electron chi connectivity index (χ2n) is 3.87. The maximum absolute atomic E-state index is 11.9. The maximum Gasteiger partial charge on any atom is 0.164 e. The topological polar surface area (TPSA) is 29.5 Å². The van der Waals surface area contributed by atoms with Crippen LogP contribution in [0.5, 0.6) is 0 Å². The van der Waals surface area contributed by atoms with Crippen LogP contribution < -0.4 is 4.90 Å². The second kappa shape index (κ2) is 7.07. The van der Waals surface area contributed by atoms with Gasteiger partial charge in [0.05, 0.1) is 6.61 Å². The van der Waals surface area contributed by atoms with Gasteiger partial charge in [0.25, 0.3) is 0 Å². The van der Waals surface area contributed by atoms with Gasteiger partial charge in [0.2, 0.25) is 0 Å². The number of hydrogen-bond acceptors (Lipinski definition) is 3. The minimum Gasteiger partial charge on any atom is -0.383 e. The van der Waals surface area contributed by atoms with Crippen molar-refractivity contribution in [2.45, 2.75) is 20.3 Å². The molecule has 0 aliphatic carbocycles. The van der Waals surface area contributed by atoms with Gasteiger partial charge in [-0.3, -0.25) is 4.79 Å². The quantitative estimate of drug-likeness (QED) is 0.681. The number of hydrogen-bond donors (Lipinski definition) is 0. The van der Waals surface area contributed by atoms with E-state index in [0.717, 1.165) is 24.3 Å². The number of Topliss-reactive ketones (excluding diaryl/α,β-unsaturated/α-hetero) is 1. The first-order valence-corrected chi connectivity index (χ1v) is 6.10. The second-order valence-corrected chi connectivity index (χ2v) is 3.87. The zero-order valence-electron chi connectivity index (χ0n) is 10.9. The Kier molecular flexibility index (Phi) is 5.70. The molecule has 1 aromatic rings. The number of nitrogens with zero attached hydrogens (tertiary/aromatic N) is 1. The van der Waals surface area contributed by atoms with E-state index in [1.807, 2.05) is 31.2 Å². The summed E-state index contributed by atoms with van der Waals surface area (Å²) in [4.78, 5) is 14.0. The Hall–Kier alpha value is -1.35. The molecule has 1 rings (SSSR count).